The summed E-state index contributed by atoms with van der Waals surface area (Å²) in [4.78, 5) is 33.2. The van der Waals surface area contributed by atoms with Crippen molar-refractivity contribution >= 4 is 17.6 Å². The van der Waals surface area contributed by atoms with E-state index in [1.54, 1.807) is 11.1 Å². The molecule has 1 aromatic heterocycles. The Morgan fingerprint density at radius 2 is 1.89 bits per heavy atom. The topological polar surface area (TPSA) is 85.8 Å². The number of aliphatic hydroxyl groups is 1. The smallest absolute Gasteiger partial charge is 0.255 e. The van der Waals surface area contributed by atoms with Gasteiger partial charge in [0.25, 0.3) is 5.91 Å². The zero-order chi connectivity index (χ0) is 19.8. The number of nitrogens with one attached hydrogen (secondary N) is 1. The average Bonchev–Trinajstić information content (AvgIpc) is 3.22. The molecule has 4 heterocycles. The van der Waals surface area contributed by atoms with Crippen molar-refractivity contribution in [3.05, 3.63) is 23.9 Å². The molecule has 2 N–H and O–H groups in total. The summed E-state index contributed by atoms with van der Waals surface area (Å²) in [5, 5.41) is 12.8. The summed E-state index contributed by atoms with van der Waals surface area (Å²) in [6.45, 7) is 4.85. The molecule has 0 saturated carbocycles. The first-order valence-electron chi connectivity index (χ1n) is 10.4. The number of amides is 2. The molecule has 2 amide bonds. The number of aliphatic hydroxyl groups excluding tert-OH is 1. The van der Waals surface area contributed by atoms with Crippen LogP contribution in [0, 0.1) is 5.92 Å². The molecular weight excluding hydrogens is 356 g/mol. The van der Waals surface area contributed by atoms with Gasteiger partial charge in [0.1, 0.15) is 5.82 Å². The van der Waals surface area contributed by atoms with Crippen LogP contribution in [-0.2, 0) is 4.79 Å². The number of rotatable bonds is 4. The van der Waals surface area contributed by atoms with Crippen molar-refractivity contribution in [3.63, 3.8) is 0 Å². The fraction of sp³-hybridized carbons (Fsp3) is 0.667. The second-order valence-electron chi connectivity index (χ2n) is 8.72. The SMILES string of the molecule is CC(C)C(=O)NC1CC2CCC(C1)N2c1ccc(C(=O)N2CC[C@@H](O)C2)cn1. The summed E-state index contributed by atoms with van der Waals surface area (Å²) in [5.41, 5.74) is 0.573. The van der Waals surface area contributed by atoms with Gasteiger partial charge >= 0.3 is 0 Å². The summed E-state index contributed by atoms with van der Waals surface area (Å²) < 4.78 is 0. The molecule has 7 heteroatoms. The first-order chi connectivity index (χ1) is 13.4. The highest BCUT2D eigenvalue weighted by Gasteiger charge is 2.42. The molecule has 3 saturated heterocycles. The Labute approximate surface area is 166 Å². The third kappa shape index (κ3) is 3.72. The summed E-state index contributed by atoms with van der Waals surface area (Å²) in [7, 11) is 0. The molecule has 0 aromatic carbocycles. The Morgan fingerprint density at radius 3 is 2.43 bits per heavy atom. The second-order valence-corrected chi connectivity index (χ2v) is 8.72. The molecule has 152 valence electrons. The number of nitrogens with zero attached hydrogens (tertiary/aromatic N) is 3. The third-order valence-electron chi connectivity index (χ3n) is 6.31. The Balaban J connectivity index is 1.41. The molecule has 3 atom stereocenters. The molecule has 3 aliphatic heterocycles. The van der Waals surface area contributed by atoms with Crippen LogP contribution in [-0.4, -0.2) is 64.1 Å². The summed E-state index contributed by atoms with van der Waals surface area (Å²) in [6.07, 6.45) is 6.02. The van der Waals surface area contributed by atoms with Crippen molar-refractivity contribution in [2.24, 2.45) is 5.92 Å². The Bertz CT molecular complexity index is 722. The standard InChI is InChI=1S/C21H30N4O3/c1-13(2)20(27)23-15-9-16-4-5-17(10-15)25(16)19-6-3-14(11-22-19)21(28)24-8-7-18(26)12-24/h3,6,11,13,15-18,26H,4-5,7-10,12H2,1-2H3,(H,23,27)/t15?,16?,17?,18-/m1/s1. The Hall–Kier alpha value is -2.15. The van der Waals surface area contributed by atoms with Crippen molar-refractivity contribution in [3.8, 4) is 0 Å². The van der Waals surface area contributed by atoms with Crippen LogP contribution in [0.1, 0.15) is 56.3 Å². The van der Waals surface area contributed by atoms with Gasteiger partial charge < -0.3 is 20.2 Å². The molecule has 0 spiro atoms. The molecule has 4 rings (SSSR count). The van der Waals surface area contributed by atoms with Gasteiger partial charge in [-0.05, 0) is 44.2 Å². The van der Waals surface area contributed by atoms with E-state index in [1.165, 1.54) is 0 Å². The normalized spacial score (nSPS) is 29.4. The zero-order valence-corrected chi connectivity index (χ0v) is 16.7. The largest absolute Gasteiger partial charge is 0.391 e. The minimum Gasteiger partial charge on any atom is -0.391 e. The van der Waals surface area contributed by atoms with E-state index in [0.717, 1.165) is 31.5 Å². The maximum atomic E-state index is 12.5. The van der Waals surface area contributed by atoms with Crippen molar-refractivity contribution in [2.45, 2.75) is 70.2 Å². The third-order valence-corrected chi connectivity index (χ3v) is 6.31. The molecule has 28 heavy (non-hydrogen) atoms. The van der Waals surface area contributed by atoms with E-state index in [0.29, 0.717) is 37.2 Å². The Kier molecular flexibility index (Phi) is 5.27. The van der Waals surface area contributed by atoms with Gasteiger partial charge in [-0.1, -0.05) is 13.8 Å². The fourth-order valence-electron chi connectivity index (χ4n) is 4.81. The van der Waals surface area contributed by atoms with Crippen LogP contribution in [0.3, 0.4) is 0 Å². The number of likely N-dealkylation sites (tertiary alicyclic amines) is 1. The first-order valence-corrected chi connectivity index (χ1v) is 10.4. The van der Waals surface area contributed by atoms with Crippen molar-refractivity contribution in [1.29, 1.82) is 0 Å². The van der Waals surface area contributed by atoms with E-state index in [-0.39, 0.29) is 23.8 Å². The minimum atomic E-state index is -0.413. The van der Waals surface area contributed by atoms with Gasteiger partial charge in [0.15, 0.2) is 0 Å². The van der Waals surface area contributed by atoms with Crippen LogP contribution in [0.4, 0.5) is 5.82 Å². The lowest BCUT2D eigenvalue weighted by molar-refractivity contribution is -0.124. The number of hydrogen-bond acceptors (Lipinski definition) is 5. The van der Waals surface area contributed by atoms with E-state index in [9.17, 15) is 14.7 Å². The number of β-amino-alcohol motifs (C(OH)–C–C–N with tert-alkyl or cyclic N) is 1. The number of piperidine rings is 1. The minimum absolute atomic E-state index is 0.0131. The fourth-order valence-corrected chi connectivity index (χ4v) is 4.81. The lowest BCUT2D eigenvalue weighted by atomic mass is 9.96. The molecule has 3 fully saturated rings. The van der Waals surface area contributed by atoms with E-state index in [4.69, 9.17) is 0 Å². The van der Waals surface area contributed by atoms with Crippen LogP contribution >= 0.6 is 0 Å². The molecule has 0 radical (unpaired) electrons. The molecule has 2 bridgehead atoms. The second kappa shape index (κ2) is 7.70. The highest BCUT2D eigenvalue weighted by molar-refractivity contribution is 5.94. The van der Waals surface area contributed by atoms with Gasteiger partial charge in [0.2, 0.25) is 5.91 Å². The van der Waals surface area contributed by atoms with E-state index < -0.39 is 6.10 Å². The predicted molar refractivity (Wildman–Crippen MR) is 106 cm³/mol. The van der Waals surface area contributed by atoms with E-state index in [2.05, 4.69) is 15.2 Å². The van der Waals surface area contributed by atoms with Crippen LogP contribution < -0.4 is 10.2 Å². The number of aromatic nitrogens is 1. The maximum Gasteiger partial charge on any atom is 0.255 e. The van der Waals surface area contributed by atoms with Gasteiger partial charge in [-0.15, -0.1) is 0 Å². The monoisotopic (exact) mass is 386 g/mol. The van der Waals surface area contributed by atoms with Gasteiger partial charge in [0.05, 0.1) is 11.7 Å². The van der Waals surface area contributed by atoms with Gasteiger partial charge in [-0.3, -0.25) is 9.59 Å². The summed E-state index contributed by atoms with van der Waals surface area (Å²) >= 11 is 0. The predicted octanol–water partition coefficient (Wildman–Crippen LogP) is 1.56. The molecule has 7 nitrogen and oxygen atoms in total. The molecular formula is C21H30N4O3. The lowest BCUT2D eigenvalue weighted by Gasteiger charge is -2.40. The number of hydrogen-bond donors (Lipinski definition) is 2. The Morgan fingerprint density at radius 1 is 1.18 bits per heavy atom. The highest BCUT2D eigenvalue weighted by Crippen LogP contribution is 2.38. The first kappa shape index (κ1) is 19.2. The van der Waals surface area contributed by atoms with Crippen LogP contribution in [0.5, 0.6) is 0 Å². The van der Waals surface area contributed by atoms with Crippen molar-refractivity contribution < 1.29 is 14.7 Å². The van der Waals surface area contributed by atoms with E-state index in [1.807, 2.05) is 26.0 Å². The van der Waals surface area contributed by atoms with Crippen LogP contribution in [0.2, 0.25) is 0 Å². The summed E-state index contributed by atoms with van der Waals surface area (Å²) in [5.74, 6) is 0.998. The van der Waals surface area contributed by atoms with Gasteiger partial charge in [0, 0.05) is 43.3 Å². The summed E-state index contributed by atoms with van der Waals surface area (Å²) in [6, 6.07) is 4.81. The molecule has 3 aliphatic rings. The lowest BCUT2D eigenvalue weighted by Crippen LogP contribution is -2.51. The van der Waals surface area contributed by atoms with Gasteiger partial charge in [-0.25, -0.2) is 4.98 Å². The van der Waals surface area contributed by atoms with Crippen molar-refractivity contribution in [1.82, 2.24) is 15.2 Å². The van der Waals surface area contributed by atoms with Gasteiger partial charge in [-0.2, -0.15) is 0 Å². The number of pyridine rings is 1. The molecule has 2 unspecified atom stereocenters. The number of carbonyl (C=O) groups excluding carboxylic acids is 2. The quantitative estimate of drug-likeness (QED) is 0.820. The van der Waals surface area contributed by atoms with Crippen LogP contribution in [0.25, 0.3) is 0 Å². The maximum absolute atomic E-state index is 12.5. The number of anilines is 1. The zero-order valence-electron chi connectivity index (χ0n) is 16.7. The highest BCUT2D eigenvalue weighted by atomic mass is 16.3. The van der Waals surface area contributed by atoms with Crippen molar-refractivity contribution in [2.75, 3.05) is 18.0 Å². The number of carbonyl (C=O) groups is 2. The molecule has 1 aromatic rings. The average molecular weight is 386 g/mol. The van der Waals surface area contributed by atoms with E-state index >= 15 is 0 Å². The van der Waals surface area contributed by atoms with Crippen LogP contribution in [0.15, 0.2) is 18.3 Å². The number of fused-ring (bicyclic) bond motifs is 2. The molecule has 0 aliphatic carbocycles.